The first-order chi connectivity index (χ1) is 13.2. The molecule has 28 heavy (non-hydrogen) atoms. The first kappa shape index (κ1) is 21.4. The summed E-state index contributed by atoms with van der Waals surface area (Å²) in [7, 11) is 1.28. The van der Waals surface area contributed by atoms with Gasteiger partial charge in [-0.1, -0.05) is 43.1 Å². The minimum absolute atomic E-state index is 0.0984. The number of hydrogen-bond acceptors (Lipinski definition) is 6. The molecule has 7 heteroatoms. The number of nitrogens with zero attached hydrogens (tertiary/aromatic N) is 1. The van der Waals surface area contributed by atoms with Gasteiger partial charge in [0, 0.05) is 22.9 Å². The summed E-state index contributed by atoms with van der Waals surface area (Å²) in [6.07, 6.45) is 1.31. The number of esters is 2. The standard InChI is InChI=1S/C21H22ClNO5/c1-12(2)18(21(26)27-4)23-11-15-9-16(22)10-17(19(15)24)28-20(25)14-7-5-13(3)6-8-14/h5-12,18,24H,1-4H3. The van der Waals surface area contributed by atoms with E-state index < -0.39 is 18.0 Å². The highest BCUT2D eigenvalue weighted by molar-refractivity contribution is 6.31. The summed E-state index contributed by atoms with van der Waals surface area (Å²) in [5, 5.41) is 10.7. The predicted molar refractivity (Wildman–Crippen MR) is 107 cm³/mol. The van der Waals surface area contributed by atoms with Crippen molar-refractivity contribution in [3.8, 4) is 11.5 Å². The fraction of sp³-hybridized carbons (Fsp3) is 0.286. The molecule has 2 aromatic carbocycles. The molecule has 1 unspecified atom stereocenters. The number of carbonyl (C=O) groups is 2. The third-order valence-corrected chi connectivity index (χ3v) is 4.23. The number of phenolic OH excluding ortho intramolecular Hbond substituents is 1. The minimum atomic E-state index is -0.734. The highest BCUT2D eigenvalue weighted by Crippen LogP contribution is 2.33. The Balaban J connectivity index is 2.30. The second-order valence-corrected chi connectivity index (χ2v) is 7.02. The Morgan fingerprint density at radius 1 is 1.18 bits per heavy atom. The Morgan fingerprint density at radius 3 is 2.39 bits per heavy atom. The number of carbonyl (C=O) groups excluding carboxylic acids is 2. The van der Waals surface area contributed by atoms with Crippen molar-refractivity contribution in [1.29, 1.82) is 0 Å². The molecular weight excluding hydrogens is 382 g/mol. The van der Waals surface area contributed by atoms with Crippen LogP contribution in [-0.2, 0) is 9.53 Å². The van der Waals surface area contributed by atoms with Gasteiger partial charge < -0.3 is 14.6 Å². The van der Waals surface area contributed by atoms with Crippen LogP contribution in [0, 0.1) is 12.8 Å². The third-order valence-electron chi connectivity index (χ3n) is 4.01. The molecule has 0 bridgehead atoms. The van der Waals surface area contributed by atoms with E-state index in [-0.39, 0.29) is 28.0 Å². The smallest absolute Gasteiger partial charge is 0.343 e. The van der Waals surface area contributed by atoms with Crippen LogP contribution in [0.5, 0.6) is 11.5 Å². The number of methoxy groups -OCH3 is 1. The van der Waals surface area contributed by atoms with E-state index in [0.717, 1.165) is 5.56 Å². The lowest BCUT2D eigenvalue weighted by atomic mass is 10.1. The van der Waals surface area contributed by atoms with Crippen LogP contribution in [0.2, 0.25) is 5.02 Å². The van der Waals surface area contributed by atoms with Crippen molar-refractivity contribution in [1.82, 2.24) is 0 Å². The summed E-state index contributed by atoms with van der Waals surface area (Å²) in [4.78, 5) is 28.3. The molecule has 0 aliphatic carbocycles. The molecule has 2 rings (SSSR count). The predicted octanol–water partition coefficient (Wildman–Crippen LogP) is 4.19. The summed E-state index contributed by atoms with van der Waals surface area (Å²) in [5.74, 6) is -1.63. The lowest BCUT2D eigenvalue weighted by molar-refractivity contribution is -0.143. The van der Waals surface area contributed by atoms with E-state index >= 15 is 0 Å². The van der Waals surface area contributed by atoms with Crippen molar-refractivity contribution >= 4 is 29.8 Å². The van der Waals surface area contributed by atoms with Crippen LogP contribution in [0.15, 0.2) is 41.4 Å². The number of aliphatic imine (C=N–C) groups is 1. The van der Waals surface area contributed by atoms with E-state index in [0.29, 0.717) is 5.56 Å². The van der Waals surface area contributed by atoms with Gasteiger partial charge in [0.1, 0.15) is 6.04 Å². The molecule has 0 radical (unpaired) electrons. The van der Waals surface area contributed by atoms with Gasteiger partial charge in [0.2, 0.25) is 0 Å². The highest BCUT2D eigenvalue weighted by atomic mass is 35.5. The molecule has 6 nitrogen and oxygen atoms in total. The Labute approximate surface area is 168 Å². The third kappa shape index (κ3) is 5.33. The Bertz CT molecular complexity index is 890. The monoisotopic (exact) mass is 403 g/mol. The Hall–Kier alpha value is -2.86. The fourth-order valence-electron chi connectivity index (χ4n) is 2.41. The fourth-order valence-corrected chi connectivity index (χ4v) is 2.62. The van der Waals surface area contributed by atoms with Crippen LogP contribution < -0.4 is 4.74 Å². The second kappa shape index (κ2) is 9.37. The summed E-state index contributed by atoms with van der Waals surface area (Å²) in [6.45, 7) is 5.55. The maximum absolute atomic E-state index is 12.3. The van der Waals surface area contributed by atoms with Gasteiger partial charge >= 0.3 is 11.9 Å². The van der Waals surface area contributed by atoms with Crippen LogP contribution in [0.25, 0.3) is 0 Å². The molecule has 2 aromatic rings. The molecule has 0 fully saturated rings. The molecule has 0 aliphatic rings. The van der Waals surface area contributed by atoms with Gasteiger partial charge in [-0.05, 0) is 31.0 Å². The number of aromatic hydroxyl groups is 1. The van der Waals surface area contributed by atoms with Crippen molar-refractivity contribution in [3.05, 3.63) is 58.1 Å². The van der Waals surface area contributed by atoms with E-state index in [1.54, 1.807) is 24.3 Å². The van der Waals surface area contributed by atoms with Gasteiger partial charge in [-0.2, -0.15) is 0 Å². The maximum Gasteiger partial charge on any atom is 0.343 e. The van der Waals surface area contributed by atoms with Crippen LogP contribution in [-0.4, -0.2) is 36.4 Å². The number of halogens is 1. The van der Waals surface area contributed by atoms with Crippen LogP contribution in [0.4, 0.5) is 0 Å². The number of aryl methyl sites for hydroxylation is 1. The number of benzene rings is 2. The molecule has 0 aromatic heterocycles. The van der Waals surface area contributed by atoms with Crippen molar-refractivity contribution in [2.24, 2.45) is 10.9 Å². The summed E-state index contributed by atoms with van der Waals surface area (Å²) < 4.78 is 10.0. The average Bonchev–Trinajstić information content (AvgIpc) is 2.65. The average molecular weight is 404 g/mol. The second-order valence-electron chi connectivity index (χ2n) is 6.59. The number of ether oxygens (including phenoxy) is 2. The lowest BCUT2D eigenvalue weighted by Gasteiger charge is -2.14. The molecule has 0 amide bonds. The molecular formula is C21H22ClNO5. The Kier molecular flexibility index (Phi) is 7.18. The SMILES string of the molecule is COC(=O)C(N=Cc1cc(Cl)cc(OC(=O)c2ccc(C)cc2)c1O)C(C)C. The van der Waals surface area contributed by atoms with E-state index in [1.807, 2.05) is 20.8 Å². The quantitative estimate of drug-likeness (QED) is 0.444. The van der Waals surface area contributed by atoms with Crippen LogP contribution >= 0.6 is 11.6 Å². The summed E-state index contributed by atoms with van der Waals surface area (Å²) in [6, 6.07) is 8.88. The molecule has 0 heterocycles. The normalized spacial score (nSPS) is 12.2. The molecule has 0 spiro atoms. The summed E-state index contributed by atoms with van der Waals surface area (Å²) >= 11 is 6.08. The first-order valence-electron chi connectivity index (χ1n) is 8.65. The molecule has 1 N–H and O–H groups in total. The minimum Gasteiger partial charge on any atom is -0.504 e. The molecule has 148 valence electrons. The zero-order valence-corrected chi connectivity index (χ0v) is 16.9. The van der Waals surface area contributed by atoms with E-state index in [4.69, 9.17) is 21.1 Å². The van der Waals surface area contributed by atoms with E-state index in [9.17, 15) is 14.7 Å². The number of rotatable bonds is 6. The van der Waals surface area contributed by atoms with E-state index in [1.165, 1.54) is 25.5 Å². The zero-order chi connectivity index (χ0) is 20.8. The molecule has 0 aliphatic heterocycles. The highest BCUT2D eigenvalue weighted by Gasteiger charge is 2.22. The number of phenols is 1. The number of hydrogen-bond donors (Lipinski definition) is 1. The topological polar surface area (TPSA) is 85.2 Å². The van der Waals surface area contributed by atoms with Gasteiger partial charge in [0.25, 0.3) is 0 Å². The zero-order valence-electron chi connectivity index (χ0n) is 16.1. The van der Waals surface area contributed by atoms with Crippen molar-refractivity contribution in [2.75, 3.05) is 7.11 Å². The van der Waals surface area contributed by atoms with Crippen molar-refractivity contribution in [2.45, 2.75) is 26.8 Å². The van der Waals surface area contributed by atoms with Crippen molar-refractivity contribution in [3.63, 3.8) is 0 Å². The molecule has 1 atom stereocenters. The van der Waals surface area contributed by atoms with Gasteiger partial charge in [-0.15, -0.1) is 0 Å². The van der Waals surface area contributed by atoms with Crippen molar-refractivity contribution < 1.29 is 24.2 Å². The first-order valence-corrected chi connectivity index (χ1v) is 9.03. The van der Waals surface area contributed by atoms with Crippen LogP contribution in [0.3, 0.4) is 0 Å². The van der Waals surface area contributed by atoms with Gasteiger partial charge in [0.05, 0.1) is 12.7 Å². The van der Waals surface area contributed by atoms with E-state index in [2.05, 4.69) is 4.99 Å². The Morgan fingerprint density at radius 2 is 1.82 bits per heavy atom. The molecule has 0 saturated heterocycles. The summed E-state index contributed by atoms with van der Waals surface area (Å²) in [5.41, 5.74) is 1.56. The molecule has 0 saturated carbocycles. The van der Waals surface area contributed by atoms with Gasteiger partial charge in [-0.25, -0.2) is 9.59 Å². The van der Waals surface area contributed by atoms with Gasteiger partial charge in [0.15, 0.2) is 11.5 Å². The maximum atomic E-state index is 12.3. The van der Waals surface area contributed by atoms with Crippen LogP contribution in [0.1, 0.15) is 35.3 Å². The van der Waals surface area contributed by atoms with Gasteiger partial charge in [-0.3, -0.25) is 4.99 Å². The lowest BCUT2D eigenvalue weighted by Crippen LogP contribution is -2.26. The largest absolute Gasteiger partial charge is 0.504 e.